The molecule has 0 spiro atoms. The number of carbonyl (C=O) groups excluding carboxylic acids is 2. The zero-order valence-corrected chi connectivity index (χ0v) is 11.9. The van der Waals surface area contributed by atoms with Gasteiger partial charge in [0.15, 0.2) is 0 Å². The van der Waals surface area contributed by atoms with Gasteiger partial charge in [-0.05, 0) is 48.5 Å². The molecule has 0 atom stereocenters. The Morgan fingerprint density at radius 2 is 1.39 bits per heavy atom. The van der Waals surface area contributed by atoms with Crippen LogP contribution in [0.2, 0.25) is 0 Å². The van der Waals surface area contributed by atoms with E-state index in [1.165, 1.54) is 48.5 Å². The third-order valence-electron chi connectivity index (χ3n) is 2.91. The lowest BCUT2D eigenvalue weighted by Gasteiger charge is -2.07. The molecule has 0 radical (unpaired) electrons. The van der Waals surface area contributed by atoms with Gasteiger partial charge in [-0.25, -0.2) is 4.39 Å². The lowest BCUT2D eigenvalue weighted by atomic mass is 10.1. The van der Waals surface area contributed by atoms with E-state index in [0.29, 0.717) is 11.3 Å². The molecule has 118 valence electrons. The van der Waals surface area contributed by atoms with Gasteiger partial charge in [-0.3, -0.25) is 14.4 Å². The van der Waals surface area contributed by atoms with Crippen LogP contribution in [0, 0.1) is 5.82 Å². The van der Waals surface area contributed by atoms with Crippen molar-refractivity contribution >= 4 is 23.5 Å². The predicted molar refractivity (Wildman–Crippen MR) is 80.8 cm³/mol. The highest BCUT2D eigenvalue weighted by atomic mass is 19.1. The minimum absolute atomic E-state index is 0.269. The first-order valence-corrected chi connectivity index (χ1v) is 6.62. The normalized spacial score (nSPS) is 9.96. The Labute approximate surface area is 130 Å². The number of carboxylic acids is 1. The second-order valence-corrected chi connectivity index (χ2v) is 4.61. The molecule has 0 saturated heterocycles. The van der Waals surface area contributed by atoms with Crippen molar-refractivity contribution in [2.24, 2.45) is 0 Å². The number of hydrogen-bond acceptors (Lipinski definition) is 3. The Balaban J connectivity index is 1.99. The monoisotopic (exact) mass is 316 g/mol. The third-order valence-corrected chi connectivity index (χ3v) is 2.91. The number of carboxylic acid groups (broad SMARTS) is 1. The van der Waals surface area contributed by atoms with Gasteiger partial charge in [0.05, 0.1) is 0 Å². The largest absolute Gasteiger partial charge is 0.480 e. The molecule has 3 N–H and O–H groups in total. The van der Waals surface area contributed by atoms with E-state index in [1.807, 2.05) is 0 Å². The average Bonchev–Trinajstić information content (AvgIpc) is 2.54. The topological polar surface area (TPSA) is 95.5 Å². The van der Waals surface area contributed by atoms with E-state index in [0.717, 1.165) is 0 Å². The number of aliphatic carboxylic acids is 1. The van der Waals surface area contributed by atoms with Crippen LogP contribution in [0.1, 0.15) is 20.7 Å². The molecule has 6 nitrogen and oxygen atoms in total. The van der Waals surface area contributed by atoms with Crippen molar-refractivity contribution in [1.29, 1.82) is 0 Å². The number of rotatable bonds is 5. The first kappa shape index (κ1) is 16.2. The predicted octanol–water partition coefficient (Wildman–Crippen LogP) is 1.89. The second kappa shape index (κ2) is 7.17. The molecule has 2 rings (SSSR count). The zero-order valence-electron chi connectivity index (χ0n) is 11.9. The molecule has 0 aliphatic carbocycles. The fraction of sp³-hybridized carbons (Fsp3) is 0.0625. The van der Waals surface area contributed by atoms with Gasteiger partial charge in [0, 0.05) is 16.8 Å². The van der Waals surface area contributed by atoms with Crippen molar-refractivity contribution in [1.82, 2.24) is 5.32 Å². The van der Waals surface area contributed by atoms with Gasteiger partial charge >= 0.3 is 5.97 Å². The van der Waals surface area contributed by atoms with Crippen LogP contribution in [0.4, 0.5) is 10.1 Å². The molecule has 23 heavy (non-hydrogen) atoms. The molecule has 0 aliphatic heterocycles. The van der Waals surface area contributed by atoms with Crippen molar-refractivity contribution in [2.45, 2.75) is 0 Å². The van der Waals surface area contributed by atoms with Crippen LogP contribution in [0.3, 0.4) is 0 Å². The Morgan fingerprint density at radius 3 is 1.96 bits per heavy atom. The summed E-state index contributed by atoms with van der Waals surface area (Å²) in [6.45, 7) is -0.470. The van der Waals surface area contributed by atoms with E-state index in [9.17, 15) is 18.8 Å². The summed E-state index contributed by atoms with van der Waals surface area (Å²) in [5.41, 5.74) is 1.02. The summed E-state index contributed by atoms with van der Waals surface area (Å²) in [5.74, 6) is -2.50. The first-order valence-electron chi connectivity index (χ1n) is 6.62. The molecule has 0 aromatic heterocycles. The average molecular weight is 316 g/mol. The summed E-state index contributed by atoms with van der Waals surface area (Å²) < 4.78 is 12.8. The Morgan fingerprint density at radius 1 is 0.870 bits per heavy atom. The van der Waals surface area contributed by atoms with Crippen molar-refractivity contribution < 1.29 is 23.9 Å². The highest BCUT2D eigenvalue weighted by molar-refractivity contribution is 6.04. The van der Waals surface area contributed by atoms with Gasteiger partial charge in [0.2, 0.25) is 0 Å². The number of anilines is 1. The Hall–Kier alpha value is -3.22. The second-order valence-electron chi connectivity index (χ2n) is 4.61. The van der Waals surface area contributed by atoms with Crippen LogP contribution >= 0.6 is 0 Å². The summed E-state index contributed by atoms with van der Waals surface area (Å²) in [7, 11) is 0. The highest BCUT2D eigenvalue weighted by Gasteiger charge is 2.09. The fourth-order valence-corrected chi connectivity index (χ4v) is 1.77. The van der Waals surface area contributed by atoms with Gasteiger partial charge in [0.25, 0.3) is 11.8 Å². The maximum Gasteiger partial charge on any atom is 0.322 e. The molecule has 0 bridgehead atoms. The van der Waals surface area contributed by atoms with E-state index in [1.54, 1.807) is 0 Å². The van der Waals surface area contributed by atoms with E-state index in [2.05, 4.69) is 10.6 Å². The van der Waals surface area contributed by atoms with Crippen LogP contribution in [-0.2, 0) is 4.79 Å². The first-order chi connectivity index (χ1) is 11.0. The molecular weight excluding hydrogens is 303 g/mol. The van der Waals surface area contributed by atoms with Gasteiger partial charge < -0.3 is 15.7 Å². The lowest BCUT2D eigenvalue weighted by Crippen LogP contribution is -2.29. The SMILES string of the molecule is O=C(O)CNC(=O)c1ccc(NC(=O)c2ccc(F)cc2)cc1. The molecule has 7 heteroatoms. The highest BCUT2D eigenvalue weighted by Crippen LogP contribution is 2.12. The summed E-state index contributed by atoms with van der Waals surface area (Å²) in [6.07, 6.45) is 0. The number of halogens is 1. The molecule has 0 fully saturated rings. The number of nitrogens with one attached hydrogen (secondary N) is 2. The van der Waals surface area contributed by atoms with Crippen molar-refractivity contribution in [3.8, 4) is 0 Å². The Bertz CT molecular complexity index is 727. The summed E-state index contributed by atoms with van der Waals surface area (Å²) >= 11 is 0. The van der Waals surface area contributed by atoms with Crippen LogP contribution in [0.15, 0.2) is 48.5 Å². The maximum atomic E-state index is 12.8. The number of benzene rings is 2. The Kier molecular flexibility index (Phi) is 5.03. The van der Waals surface area contributed by atoms with Crippen molar-refractivity contribution in [3.63, 3.8) is 0 Å². The van der Waals surface area contributed by atoms with Crippen LogP contribution in [0.25, 0.3) is 0 Å². The standard InChI is InChI=1S/C16H13FN2O4/c17-12-5-1-11(2-6-12)16(23)19-13-7-3-10(4-8-13)15(22)18-9-14(20)21/h1-8H,9H2,(H,18,22)(H,19,23)(H,20,21). The molecule has 0 aliphatic rings. The number of carbonyl (C=O) groups is 3. The van der Waals surface area contributed by atoms with E-state index < -0.39 is 30.1 Å². The smallest absolute Gasteiger partial charge is 0.322 e. The summed E-state index contributed by atoms with van der Waals surface area (Å²) in [6, 6.07) is 11.0. The molecule has 2 aromatic rings. The van der Waals surface area contributed by atoms with E-state index in [4.69, 9.17) is 5.11 Å². The quantitative estimate of drug-likeness (QED) is 0.785. The minimum Gasteiger partial charge on any atom is -0.480 e. The van der Waals surface area contributed by atoms with Crippen LogP contribution < -0.4 is 10.6 Å². The van der Waals surface area contributed by atoms with E-state index >= 15 is 0 Å². The minimum atomic E-state index is -1.14. The molecule has 2 aromatic carbocycles. The van der Waals surface area contributed by atoms with Gasteiger partial charge in [-0.15, -0.1) is 0 Å². The maximum absolute atomic E-state index is 12.8. The summed E-state index contributed by atoms with van der Waals surface area (Å²) in [5, 5.41) is 13.3. The van der Waals surface area contributed by atoms with Crippen LogP contribution in [-0.4, -0.2) is 29.4 Å². The molecular formula is C16H13FN2O4. The molecule has 0 unspecified atom stereocenters. The molecule has 2 amide bonds. The van der Waals surface area contributed by atoms with Gasteiger partial charge in [0.1, 0.15) is 12.4 Å². The summed E-state index contributed by atoms with van der Waals surface area (Å²) in [4.78, 5) is 34.0. The van der Waals surface area contributed by atoms with E-state index in [-0.39, 0.29) is 5.56 Å². The molecule has 0 saturated carbocycles. The van der Waals surface area contributed by atoms with Gasteiger partial charge in [-0.1, -0.05) is 0 Å². The van der Waals surface area contributed by atoms with Crippen molar-refractivity contribution in [2.75, 3.05) is 11.9 Å². The van der Waals surface area contributed by atoms with Crippen molar-refractivity contribution in [3.05, 3.63) is 65.5 Å². The zero-order chi connectivity index (χ0) is 16.8. The third kappa shape index (κ3) is 4.63. The lowest BCUT2D eigenvalue weighted by molar-refractivity contribution is -0.135. The number of hydrogen-bond donors (Lipinski definition) is 3. The molecule has 0 heterocycles. The fourth-order valence-electron chi connectivity index (χ4n) is 1.77. The van der Waals surface area contributed by atoms with Gasteiger partial charge in [-0.2, -0.15) is 0 Å². The van der Waals surface area contributed by atoms with Crippen LogP contribution in [0.5, 0.6) is 0 Å². The number of amides is 2.